The van der Waals surface area contributed by atoms with Crippen LogP contribution in [0.5, 0.6) is 0 Å². The first-order valence-electron chi connectivity index (χ1n) is 38.9. The van der Waals surface area contributed by atoms with Gasteiger partial charge in [0.2, 0.25) is 5.91 Å². The number of allylic oxidation sites excluding steroid dienone is 2. The van der Waals surface area contributed by atoms with E-state index < -0.39 is 12.1 Å². The van der Waals surface area contributed by atoms with Gasteiger partial charge in [0, 0.05) is 12.8 Å². The predicted octanol–water partition coefficient (Wildman–Crippen LogP) is 25.5. The number of amides is 1. The molecule has 2 unspecified atom stereocenters. The van der Waals surface area contributed by atoms with Crippen LogP contribution < -0.4 is 5.32 Å². The fourth-order valence-electron chi connectivity index (χ4n) is 12.6. The molecule has 0 aliphatic rings. The van der Waals surface area contributed by atoms with E-state index in [0.717, 1.165) is 38.5 Å². The van der Waals surface area contributed by atoms with Crippen molar-refractivity contribution in [2.75, 3.05) is 13.2 Å². The molecule has 1 amide bonds. The molecule has 0 aliphatic heterocycles. The zero-order valence-corrected chi connectivity index (χ0v) is 57.4. The van der Waals surface area contributed by atoms with Gasteiger partial charge in [-0.15, -0.1) is 0 Å². The van der Waals surface area contributed by atoms with Crippen molar-refractivity contribution in [1.82, 2.24) is 5.32 Å². The Balaban J connectivity index is 3.33. The number of nitrogens with one attached hydrogen (secondary N) is 1. The molecule has 0 saturated carbocycles. The highest BCUT2D eigenvalue weighted by atomic mass is 16.5. The minimum atomic E-state index is -0.662. The molecule has 3 N–H and O–H groups in total. The number of carbonyl (C=O) groups excluding carboxylic acids is 2. The molecule has 0 radical (unpaired) electrons. The number of hydrogen-bond donors (Lipinski definition) is 3. The topological polar surface area (TPSA) is 95.9 Å². The Morgan fingerprint density at radius 2 is 0.560 bits per heavy atom. The van der Waals surface area contributed by atoms with E-state index in [1.54, 1.807) is 0 Å². The summed E-state index contributed by atoms with van der Waals surface area (Å²) >= 11 is 0. The molecule has 0 fully saturated rings. The summed E-state index contributed by atoms with van der Waals surface area (Å²) < 4.78 is 5.50. The predicted molar refractivity (Wildman–Crippen MR) is 370 cm³/mol. The van der Waals surface area contributed by atoms with Crippen LogP contribution in [0.15, 0.2) is 12.2 Å². The fraction of sp³-hybridized carbons (Fsp3) is 0.949. The summed E-state index contributed by atoms with van der Waals surface area (Å²) in [5.74, 6) is -0.00294. The van der Waals surface area contributed by atoms with Gasteiger partial charge in [-0.1, -0.05) is 398 Å². The van der Waals surface area contributed by atoms with Gasteiger partial charge in [-0.05, 0) is 51.4 Å². The second-order valence-electron chi connectivity index (χ2n) is 27.0. The number of aliphatic hydroxyl groups is 2. The summed E-state index contributed by atoms with van der Waals surface area (Å²) in [5, 5.41) is 23.4. The molecule has 2 atom stereocenters. The maximum atomic E-state index is 12.5. The zero-order chi connectivity index (χ0) is 60.6. The third-order valence-electron chi connectivity index (χ3n) is 18.6. The van der Waals surface area contributed by atoms with Crippen LogP contribution in [0, 0.1) is 0 Å². The molecule has 0 saturated heterocycles. The fourth-order valence-corrected chi connectivity index (χ4v) is 12.6. The monoisotopic (exact) mass is 1180 g/mol. The van der Waals surface area contributed by atoms with Crippen molar-refractivity contribution < 1.29 is 24.5 Å². The Morgan fingerprint density at radius 1 is 0.321 bits per heavy atom. The normalized spacial score (nSPS) is 12.5. The van der Waals surface area contributed by atoms with E-state index in [9.17, 15) is 19.8 Å². The minimum absolute atomic E-state index is 0.0236. The third-order valence-corrected chi connectivity index (χ3v) is 18.6. The number of carbonyl (C=O) groups is 2. The van der Waals surface area contributed by atoms with Gasteiger partial charge in [0.1, 0.15) is 0 Å². The van der Waals surface area contributed by atoms with E-state index in [1.807, 2.05) is 0 Å². The Hall–Kier alpha value is -1.40. The Morgan fingerprint density at radius 3 is 0.845 bits per heavy atom. The summed E-state index contributed by atoms with van der Waals surface area (Å²) in [6, 6.07) is -0.538. The lowest BCUT2D eigenvalue weighted by Gasteiger charge is -2.22. The highest BCUT2D eigenvalue weighted by molar-refractivity contribution is 5.76. The average molecular weight is 1190 g/mol. The highest BCUT2D eigenvalue weighted by Crippen LogP contribution is 2.20. The van der Waals surface area contributed by atoms with Crippen molar-refractivity contribution in [3.8, 4) is 0 Å². The van der Waals surface area contributed by atoms with Crippen molar-refractivity contribution >= 4 is 11.9 Å². The summed E-state index contributed by atoms with van der Waals surface area (Å²) in [4.78, 5) is 24.6. The molecule has 0 rings (SSSR count). The Labute approximate surface area is 527 Å². The van der Waals surface area contributed by atoms with Crippen LogP contribution in [-0.2, 0) is 14.3 Å². The smallest absolute Gasteiger partial charge is 0.305 e. The maximum Gasteiger partial charge on any atom is 0.305 e. The van der Waals surface area contributed by atoms with Gasteiger partial charge in [-0.25, -0.2) is 0 Å². The second-order valence-corrected chi connectivity index (χ2v) is 27.0. The van der Waals surface area contributed by atoms with Crippen LogP contribution in [0.3, 0.4) is 0 Å². The molecule has 6 nitrogen and oxygen atoms in total. The van der Waals surface area contributed by atoms with Gasteiger partial charge < -0.3 is 20.3 Å². The van der Waals surface area contributed by atoms with Crippen LogP contribution in [0.2, 0.25) is 0 Å². The van der Waals surface area contributed by atoms with Crippen molar-refractivity contribution in [3.63, 3.8) is 0 Å². The lowest BCUT2D eigenvalue weighted by molar-refractivity contribution is -0.143. The molecule has 0 spiro atoms. The lowest BCUT2D eigenvalue weighted by atomic mass is 10.0. The molecule has 6 heteroatoms. The minimum Gasteiger partial charge on any atom is -0.466 e. The van der Waals surface area contributed by atoms with Crippen LogP contribution in [-0.4, -0.2) is 47.4 Å². The van der Waals surface area contributed by atoms with Gasteiger partial charge in [0.25, 0.3) is 0 Å². The summed E-state index contributed by atoms with van der Waals surface area (Å²) in [6.07, 6.45) is 93.0. The number of unbranched alkanes of at least 4 members (excludes halogenated alkanes) is 61. The van der Waals surface area contributed by atoms with Crippen LogP contribution in [0.4, 0.5) is 0 Å². The van der Waals surface area contributed by atoms with Crippen LogP contribution in [0.1, 0.15) is 450 Å². The van der Waals surface area contributed by atoms with E-state index in [4.69, 9.17) is 4.74 Å². The molecule has 84 heavy (non-hydrogen) atoms. The highest BCUT2D eigenvalue weighted by Gasteiger charge is 2.20. The molecule has 0 aromatic rings. The average Bonchev–Trinajstić information content (AvgIpc) is 3.52. The first-order valence-corrected chi connectivity index (χ1v) is 38.9. The molecule has 0 bridgehead atoms. The van der Waals surface area contributed by atoms with E-state index >= 15 is 0 Å². The number of aliphatic hydroxyl groups excluding tert-OH is 2. The molecular formula is C78H153NO5. The van der Waals surface area contributed by atoms with E-state index in [0.29, 0.717) is 25.9 Å². The van der Waals surface area contributed by atoms with Crippen molar-refractivity contribution in [1.29, 1.82) is 0 Å². The summed E-state index contributed by atoms with van der Waals surface area (Å²) in [7, 11) is 0. The zero-order valence-electron chi connectivity index (χ0n) is 57.4. The summed E-state index contributed by atoms with van der Waals surface area (Å²) in [6.45, 7) is 5.01. The largest absolute Gasteiger partial charge is 0.466 e. The number of esters is 1. The van der Waals surface area contributed by atoms with Gasteiger partial charge in [0.05, 0.1) is 25.4 Å². The quantitative estimate of drug-likeness (QED) is 0.0320. The molecule has 0 aromatic heterocycles. The number of rotatable bonds is 74. The molecule has 500 valence electrons. The second kappa shape index (κ2) is 74.1. The van der Waals surface area contributed by atoms with Crippen molar-refractivity contribution in [2.45, 2.75) is 463 Å². The van der Waals surface area contributed by atoms with Gasteiger partial charge in [0.15, 0.2) is 0 Å². The molecule has 0 aromatic carbocycles. The SMILES string of the molecule is CCCCCCCCCCCCCCCCCCCCC(O)C(CO)NC(=O)CCCCCCCCCCCCCCCCCCC/C=C\CCCCCCCCCCCCCCCCOC(=O)CCCCCCCCCCCCCCCC. The van der Waals surface area contributed by atoms with Crippen LogP contribution >= 0.6 is 0 Å². The van der Waals surface area contributed by atoms with Crippen molar-refractivity contribution in [2.24, 2.45) is 0 Å². The van der Waals surface area contributed by atoms with Gasteiger partial charge in [-0.2, -0.15) is 0 Å². The van der Waals surface area contributed by atoms with E-state index in [1.165, 1.54) is 379 Å². The van der Waals surface area contributed by atoms with Crippen molar-refractivity contribution in [3.05, 3.63) is 12.2 Å². The van der Waals surface area contributed by atoms with Gasteiger partial charge in [-0.3, -0.25) is 9.59 Å². The number of hydrogen-bond acceptors (Lipinski definition) is 5. The Kier molecular flexibility index (Phi) is 72.8. The Bertz CT molecular complexity index is 1270. The van der Waals surface area contributed by atoms with E-state index in [2.05, 4.69) is 31.3 Å². The summed E-state index contributed by atoms with van der Waals surface area (Å²) in [5.41, 5.74) is 0. The molecule has 0 aliphatic carbocycles. The van der Waals surface area contributed by atoms with E-state index in [-0.39, 0.29) is 18.5 Å². The molecule has 0 heterocycles. The van der Waals surface area contributed by atoms with Crippen LogP contribution in [0.25, 0.3) is 0 Å². The molecular weight excluding hydrogens is 1030 g/mol. The third kappa shape index (κ3) is 69.7. The maximum absolute atomic E-state index is 12.5. The standard InChI is InChI=1S/C78H153NO5/c1-3-5-7-9-11-13-15-17-19-20-40-43-46-50-54-58-62-66-70-76(81)75(74-80)79-77(82)71-67-63-59-55-51-47-44-41-38-36-34-32-30-28-26-24-22-21-23-25-27-29-31-33-35-37-39-42-45-49-53-57-61-65-69-73-84-78(83)72-68-64-60-56-52-48-18-16-14-12-10-8-6-4-2/h23,25,75-76,80-81H,3-22,24,26-74H2,1-2H3,(H,79,82)/b25-23-. The first-order chi connectivity index (χ1) is 41.5. The number of ether oxygens (including phenoxy) is 1. The lowest BCUT2D eigenvalue weighted by Crippen LogP contribution is -2.45. The van der Waals surface area contributed by atoms with Gasteiger partial charge >= 0.3 is 5.97 Å². The first kappa shape index (κ1) is 82.6.